The van der Waals surface area contributed by atoms with Crippen molar-refractivity contribution in [1.82, 2.24) is 15.2 Å². The number of amides is 1. The van der Waals surface area contributed by atoms with E-state index in [2.05, 4.69) is 10.3 Å². The van der Waals surface area contributed by atoms with E-state index in [-0.39, 0.29) is 11.9 Å². The Kier molecular flexibility index (Phi) is 7.38. The highest BCUT2D eigenvalue weighted by molar-refractivity contribution is 7.99. The number of nitrogens with two attached hydrogens (primary N) is 1. The van der Waals surface area contributed by atoms with Crippen molar-refractivity contribution in [3.05, 3.63) is 28.5 Å². The van der Waals surface area contributed by atoms with Gasteiger partial charge in [0.2, 0.25) is 5.91 Å². The lowest BCUT2D eigenvalue weighted by molar-refractivity contribution is -0.131. The predicted octanol–water partition coefficient (Wildman–Crippen LogP) is 1.86. The van der Waals surface area contributed by atoms with Gasteiger partial charge in [0.05, 0.1) is 11.9 Å². The van der Waals surface area contributed by atoms with Crippen molar-refractivity contribution in [2.45, 2.75) is 31.8 Å². The van der Waals surface area contributed by atoms with E-state index < -0.39 is 0 Å². The second-order valence-corrected chi connectivity index (χ2v) is 6.99. The molecule has 122 valence electrons. The van der Waals surface area contributed by atoms with Gasteiger partial charge in [-0.2, -0.15) is 0 Å². The summed E-state index contributed by atoms with van der Waals surface area (Å²) in [5.74, 6) is 1.94. The summed E-state index contributed by atoms with van der Waals surface area (Å²) in [6, 6.07) is 3.58. The number of H-pyrrole nitrogens is 1. The van der Waals surface area contributed by atoms with E-state index in [1.807, 2.05) is 23.2 Å². The lowest BCUT2D eigenvalue weighted by atomic mass is 10.1. The average molecular weight is 341 g/mol. The molecule has 1 aliphatic rings. The molecule has 22 heavy (non-hydrogen) atoms. The van der Waals surface area contributed by atoms with Gasteiger partial charge in [0.15, 0.2) is 0 Å². The molecular formula is C15H24N4OS2. The zero-order valence-electron chi connectivity index (χ0n) is 12.7. The quantitative estimate of drug-likeness (QED) is 0.498. The van der Waals surface area contributed by atoms with Crippen LogP contribution in [0.3, 0.4) is 0 Å². The first-order valence-electron chi connectivity index (χ1n) is 7.67. The Morgan fingerprint density at radius 1 is 1.50 bits per heavy atom. The van der Waals surface area contributed by atoms with E-state index in [4.69, 9.17) is 18.0 Å². The van der Waals surface area contributed by atoms with E-state index in [1.165, 1.54) is 5.56 Å². The Labute approximate surface area is 141 Å². The van der Waals surface area contributed by atoms with Crippen LogP contribution >= 0.6 is 24.0 Å². The molecule has 1 aromatic heterocycles. The molecule has 0 bridgehead atoms. The Hall–Kier alpha value is -0.890. The normalized spacial score (nSPS) is 16.0. The molecule has 1 aliphatic heterocycles. The molecule has 1 aromatic rings. The van der Waals surface area contributed by atoms with Crippen LogP contribution in [0.25, 0.3) is 0 Å². The third-order valence-electron chi connectivity index (χ3n) is 3.68. The summed E-state index contributed by atoms with van der Waals surface area (Å²) >= 11 is 6.80. The minimum atomic E-state index is -0.340. The van der Waals surface area contributed by atoms with E-state index in [0.717, 1.165) is 55.2 Å². The molecular weight excluding hydrogens is 316 g/mol. The molecule has 1 atom stereocenters. The number of carbonyl (C=O) groups excluding carboxylic acids is 1. The van der Waals surface area contributed by atoms with Crippen LogP contribution in [0.1, 0.15) is 24.8 Å². The number of hydrogen-bond acceptors (Lipinski definition) is 5. The van der Waals surface area contributed by atoms with Crippen molar-refractivity contribution in [2.75, 3.05) is 24.7 Å². The first-order chi connectivity index (χ1) is 10.7. The molecule has 1 fully saturated rings. The molecule has 2 rings (SSSR count). The second kappa shape index (κ2) is 9.29. The number of nitrogens with one attached hydrogen (secondary N) is 2. The molecule has 1 saturated heterocycles. The largest absolute Gasteiger partial charge is 0.353 e. The summed E-state index contributed by atoms with van der Waals surface area (Å²) in [5.41, 5.74) is 7.17. The summed E-state index contributed by atoms with van der Waals surface area (Å²) in [5, 5.41) is 3.39. The number of pyridine rings is 1. The number of nitrogens with zero attached hydrogens (tertiary/aromatic N) is 1. The van der Waals surface area contributed by atoms with Gasteiger partial charge in [0.25, 0.3) is 0 Å². The van der Waals surface area contributed by atoms with Crippen molar-refractivity contribution >= 4 is 29.9 Å². The van der Waals surface area contributed by atoms with Crippen LogP contribution in [0.2, 0.25) is 0 Å². The molecule has 0 aromatic carbocycles. The fourth-order valence-corrected chi connectivity index (χ4v) is 3.43. The van der Waals surface area contributed by atoms with Crippen LogP contribution < -0.4 is 11.1 Å². The van der Waals surface area contributed by atoms with Gasteiger partial charge in [-0.3, -0.25) is 4.79 Å². The highest BCUT2D eigenvalue weighted by Gasteiger charge is 2.23. The van der Waals surface area contributed by atoms with Gasteiger partial charge < -0.3 is 20.9 Å². The molecule has 0 saturated carbocycles. The van der Waals surface area contributed by atoms with Crippen molar-refractivity contribution in [3.63, 3.8) is 0 Å². The van der Waals surface area contributed by atoms with Gasteiger partial charge in [-0.05, 0) is 31.0 Å². The molecule has 5 nitrogen and oxygen atoms in total. The highest BCUT2D eigenvalue weighted by atomic mass is 32.2. The lowest BCUT2D eigenvalue weighted by Gasteiger charge is -2.19. The monoisotopic (exact) mass is 340 g/mol. The Bertz CT molecular complexity index is 508. The Morgan fingerprint density at radius 2 is 2.36 bits per heavy atom. The molecule has 0 spiro atoms. The van der Waals surface area contributed by atoms with Gasteiger partial charge in [0, 0.05) is 25.0 Å². The van der Waals surface area contributed by atoms with Crippen LogP contribution in [-0.4, -0.2) is 46.6 Å². The minimum absolute atomic E-state index is 0.109. The van der Waals surface area contributed by atoms with Gasteiger partial charge in [-0.1, -0.05) is 24.7 Å². The van der Waals surface area contributed by atoms with Crippen LogP contribution in [0, 0.1) is 4.64 Å². The summed E-state index contributed by atoms with van der Waals surface area (Å²) in [6.45, 7) is 2.59. The van der Waals surface area contributed by atoms with Crippen LogP contribution in [0.5, 0.6) is 0 Å². The van der Waals surface area contributed by atoms with E-state index in [0.29, 0.717) is 0 Å². The summed E-state index contributed by atoms with van der Waals surface area (Å²) < 4.78 is 0.749. The maximum Gasteiger partial charge on any atom is 0.240 e. The van der Waals surface area contributed by atoms with Gasteiger partial charge in [-0.15, -0.1) is 11.8 Å². The van der Waals surface area contributed by atoms with Crippen molar-refractivity contribution in [2.24, 2.45) is 5.73 Å². The topological polar surface area (TPSA) is 74.1 Å². The first-order valence-corrected chi connectivity index (χ1v) is 9.23. The molecule has 1 unspecified atom stereocenters. The zero-order valence-corrected chi connectivity index (χ0v) is 14.3. The van der Waals surface area contributed by atoms with Crippen molar-refractivity contribution in [3.8, 4) is 0 Å². The first kappa shape index (κ1) is 17.5. The van der Waals surface area contributed by atoms with E-state index >= 15 is 0 Å². The molecule has 1 amide bonds. The number of aromatic nitrogens is 1. The van der Waals surface area contributed by atoms with E-state index in [9.17, 15) is 4.79 Å². The number of hydrogen-bond donors (Lipinski definition) is 3. The second-order valence-electron chi connectivity index (χ2n) is 5.48. The maximum absolute atomic E-state index is 12.0. The summed E-state index contributed by atoms with van der Waals surface area (Å²) in [6.07, 6.45) is 4.69. The number of thioether (sulfide) groups is 1. The van der Waals surface area contributed by atoms with Crippen molar-refractivity contribution < 1.29 is 4.79 Å². The fourth-order valence-electron chi connectivity index (χ4n) is 2.35. The van der Waals surface area contributed by atoms with Gasteiger partial charge in [0.1, 0.15) is 4.64 Å². The molecule has 0 aliphatic carbocycles. The van der Waals surface area contributed by atoms with E-state index in [1.54, 1.807) is 11.8 Å². The van der Waals surface area contributed by atoms with Gasteiger partial charge >= 0.3 is 0 Å². The third kappa shape index (κ3) is 5.72. The summed E-state index contributed by atoms with van der Waals surface area (Å²) in [7, 11) is 0. The third-order valence-corrected chi connectivity index (χ3v) is 4.90. The number of carbonyl (C=O) groups is 1. The van der Waals surface area contributed by atoms with Crippen LogP contribution in [-0.2, 0) is 11.3 Å². The fraction of sp³-hybridized carbons (Fsp3) is 0.600. The molecule has 2 heterocycles. The van der Waals surface area contributed by atoms with Gasteiger partial charge in [-0.25, -0.2) is 0 Å². The molecule has 7 heteroatoms. The van der Waals surface area contributed by atoms with Crippen molar-refractivity contribution in [1.29, 1.82) is 0 Å². The maximum atomic E-state index is 12.0. The highest BCUT2D eigenvalue weighted by Crippen LogP contribution is 2.15. The smallest absolute Gasteiger partial charge is 0.240 e. The number of rotatable bonds is 8. The number of aromatic amines is 1. The molecule has 4 N–H and O–H groups in total. The Balaban J connectivity index is 1.54. The molecule has 0 radical (unpaired) electrons. The van der Waals surface area contributed by atoms with Crippen LogP contribution in [0.15, 0.2) is 18.3 Å². The minimum Gasteiger partial charge on any atom is -0.353 e. The standard InChI is InChI=1S/C15H24N4OS2/c16-13(15(20)19-7-8-22-11-19)3-1-2-6-17-9-12-4-5-14(21)18-10-12/h4-5,10,13,17H,1-3,6-9,11,16H2,(H,18,21). The Morgan fingerprint density at radius 3 is 3.05 bits per heavy atom. The summed E-state index contributed by atoms with van der Waals surface area (Å²) in [4.78, 5) is 16.9. The lowest BCUT2D eigenvalue weighted by Crippen LogP contribution is -2.42. The number of unbranched alkanes of at least 4 members (excludes halogenated alkanes) is 1. The SMILES string of the molecule is NC(CCCCNCc1ccc(=S)[nH]c1)C(=O)N1CCSC1. The van der Waals surface area contributed by atoms with Crippen LogP contribution in [0.4, 0.5) is 0 Å². The predicted molar refractivity (Wildman–Crippen MR) is 94.2 cm³/mol. The average Bonchev–Trinajstić information content (AvgIpc) is 3.06. The zero-order chi connectivity index (χ0) is 15.8.